The van der Waals surface area contributed by atoms with Crippen molar-refractivity contribution >= 4 is 6.09 Å². The van der Waals surface area contributed by atoms with Crippen LogP contribution in [0.15, 0.2) is 30.3 Å². The molecule has 2 rings (SSSR count). The number of aliphatic hydroxyl groups excluding tert-OH is 1. The lowest BCUT2D eigenvalue weighted by Crippen LogP contribution is -2.45. The molecule has 5 heteroatoms. The molecule has 0 saturated heterocycles. The van der Waals surface area contributed by atoms with Gasteiger partial charge in [0.15, 0.2) is 0 Å². The van der Waals surface area contributed by atoms with Crippen molar-refractivity contribution in [3.8, 4) is 0 Å². The molecule has 0 bridgehead atoms. The Hall–Kier alpha value is -1.59. The minimum atomic E-state index is -0.446. The second-order valence-corrected chi connectivity index (χ2v) is 5.06. The van der Waals surface area contributed by atoms with Gasteiger partial charge in [0.2, 0.25) is 0 Å². The lowest BCUT2D eigenvalue weighted by Gasteiger charge is -2.32. The summed E-state index contributed by atoms with van der Waals surface area (Å²) in [7, 11) is 1.57. The molecule has 1 amide bonds. The summed E-state index contributed by atoms with van der Waals surface area (Å²) < 4.78 is 10.4. The zero-order valence-electron chi connectivity index (χ0n) is 11.6. The van der Waals surface area contributed by atoms with Crippen molar-refractivity contribution in [2.24, 2.45) is 0 Å². The first-order valence-electron chi connectivity index (χ1n) is 6.87. The molecule has 5 nitrogen and oxygen atoms in total. The molecule has 0 heterocycles. The highest BCUT2D eigenvalue weighted by Gasteiger charge is 2.30. The van der Waals surface area contributed by atoms with Crippen LogP contribution in [0.5, 0.6) is 0 Å². The second kappa shape index (κ2) is 7.26. The van der Waals surface area contributed by atoms with Crippen molar-refractivity contribution in [1.82, 2.24) is 5.32 Å². The van der Waals surface area contributed by atoms with Gasteiger partial charge in [-0.1, -0.05) is 30.3 Å². The molecule has 0 unspecified atom stereocenters. The van der Waals surface area contributed by atoms with Crippen LogP contribution in [0.4, 0.5) is 4.79 Å². The molecule has 1 aliphatic carbocycles. The van der Waals surface area contributed by atoms with E-state index in [0.717, 1.165) is 12.0 Å². The van der Waals surface area contributed by atoms with E-state index in [1.54, 1.807) is 7.11 Å². The zero-order valence-corrected chi connectivity index (χ0v) is 11.6. The number of rotatable bonds is 4. The van der Waals surface area contributed by atoms with Crippen molar-refractivity contribution in [1.29, 1.82) is 0 Å². The molecule has 1 aromatic rings. The number of carbonyl (C=O) groups is 1. The van der Waals surface area contributed by atoms with Gasteiger partial charge in [-0.2, -0.15) is 0 Å². The Labute approximate surface area is 118 Å². The zero-order chi connectivity index (χ0) is 14.4. The van der Waals surface area contributed by atoms with Crippen LogP contribution in [-0.4, -0.2) is 36.6 Å². The number of aliphatic hydroxyl groups is 1. The third kappa shape index (κ3) is 4.21. The molecule has 3 atom stereocenters. The number of ether oxygens (including phenoxy) is 2. The van der Waals surface area contributed by atoms with Crippen molar-refractivity contribution in [2.45, 2.75) is 44.1 Å². The largest absolute Gasteiger partial charge is 0.445 e. The molecule has 0 spiro atoms. The molecule has 1 aromatic carbocycles. The van der Waals surface area contributed by atoms with Crippen LogP contribution < -0.4 is 5.32 Å². The van der Waals surface area contributed by atoms with Gasteiger partial charge in [-0.15, -0.1) is 0 Å². The summed E-state index contributed by atoms with van der Waals surface area (Å²) in [5, 5.41) is 12.5. The number of hydrogen-bond acceptors (Lipinski definition) is 4. The van der Waals surface area contributed by atoms with Crippen LogP contribution in [0, 0.1) is 0 Å². The van der Waals surface area contributed by atoms with Gasteiger partial charge in [0.05, 0.1) is 12.2 Å². The van der Waals surface area contributed by atoms with Crippen LogP contribution in [-0.2, 0) is 16.1 Å². The fourth-order valence-electron chi connectivity index (χ4n) is 2.43. The molecule has 1 aliphatic rings. The monoisotopic (exact) mass is 279 g/mol. The van der Waals surface area contributed by atoms with Gasteiger partial charge in [-0.3, -0.25) is 0 Å². The quantitative estimate of drug-likeness (QED) is 0.882. The van der Waals surface area contributed by atoms with E-state index >= 15 is 0 Å². The Balaban J connectivity index is 1.74. The predicted molar refractivity (Wildman–Crippen MR) is 74.2 cm³/mol. The normalized spacial score (nSPS) is 26.0. The summed E-state index contributed by atoms with van der Waals surface area (Å²) in [6.45, 7) is 0.260. The molecule has 2 N–H and O–H groups in total. The Morgan fingerprint density at radius 3 is 2.80 bits per heavy atom. The predicted octanol–water partition coefficient (Wildman–Crippen LogP) is 1.84. The Kier molecular flexibility index (Phi) is 5.38. The van der Waals surface area contributed by atoms with Gasteiger partial charge in [0, 0.05) is 13.2 Å². The fraction of sp³-hybridized carbons (Fsp3) is 0.533. The minimum absolute atomic E-state index is 0.00776. The number of hydrogen-bond donors (Lipinski definition) is 2. The van der Waals surface area contributed by atoms with Crippen molar-refractivity contribution < 1.29 is 19.4 Å². The van der Waals surface area contributed by atoms with E-state index in [4.69, 9.17) is 9.47 Å². The molecule has 0 radical (unpaired) electrons. The fourth-order valence-corrected chi connectivity index (χ4v) is 2.43. The SMILES string of the molecule is CO[C@H]1C[C@H](NC(=O)OCc2ccccc2)CC[C@@H]1O. The van der Waals surface area contributed by atoms with E-state index in [0.29, 0.717) is 12.8 Å². The first-order chi connectivity index (χ1) is 9.69. The van der Waals surface area contributed by atoms with E-state index < -0.39 is 12.2 Å². The van der Waals surface area contributed by atoms with E-state index in [1.807, 2.05) is 30.3 Å². The molecular formula is C15H21NO4. The van der Waals surface area contributed by atoms with Crippen LogP contribution in [0.3, 0.4) is 0 Å². The van der Waals surface area contributed by atoms with E-state index in [9.17, 15) is 9.90 Å². The van der Waals surface area contributed by atoms with Gasteiger partial charge < -0.3 is 19.9 Å². The minimum Gasteiger partial charge on any atom is -0.445 e. The molecule has 0 aliphatic heterocycles. The Morgan fingerprint density at radius 2 is 2.10 bits per heavy atom. The van der Waals surface area contributed by atoms with Crippen LogP contribution in [0.25, 0.3) is 0 Å². The summed E-state index contributed by atoms with van der Waals surface area (Å²) in [6, 6.07) is 9.54. The lowest BCUT2D eigenvalue weighted by atomic mass is 9.90. The number of methoxy groups -OCH3 is 1. The number of benzene rings is 1. The number of alkyl carbamates (subject to hydrolysis) is 1. The third-order valence-electron chi connectivity index (χ3n) is 3.59. The maximum Gasteiger partial charge on any atom is 0.407 e. The second-order valence-electron chi connectivity index (χ2n) is 5.06. The van der Waals surface area contributed by atoms with Gasteiger partial charge in [0.1, 0.15) is 6.61 Å². The summed E-state index contributed by atoms with van der Waals surface area (Å²) in [5.41, 5.74) is 0.955. The molecule has 110 valence electrons. The highest BCUT2D eigenvalue weighted by Crippen LogP contribution is 2.21. The molecule has 0 aromatic heterocycles. The molecule has 20 heavy (non-hydrogen) atoms. The topological polar surface area (TPSA) is 67.8 Å². The van der Waals surface area contributed by atoms with Gasteiger partial charge in [-0.25, -0.2) is 4.79 Å². The first-order valence-corrected chi connectivity index (χ1v) is 6.87. The van der Waals surface area contributed by atoms with Crippen molar-refractivity contribution in [3.63, 3.8) is 0 Å². The van der Waals surface area contributed by atoms with E-state index in [1.165, 1.54) is 0 Å². The lowest BCUT2D eigenvalue weighted by molar-refractivity contribution is -0.0437. The summed E-state index contributed by atoms with van der Waals surface area (Å²) >= 11 is 0. The van der Waals surface area contributed by atoms with Crippen molar-refractivity contribution in [2.75, 3.05) is 7.11 Å². The number of nitrogens with one attached hydrogen (secondary N) is 1. The average molecular weight is 279 g/mol. The highest BCUT2D eigenvalue weighted by molar-refractivity contribution is 5.67. The summed E-state index contributed by atoms with van der Waals surface area (Å²) in [5.74, 6) is 0. The Bertz CT molecular complexity index is 423. The highest BCUT2D eigenvalue weighted by atomic mass is 16.5. The summed E-state index contributed by atoms with van der Waals surface area (Å²) in [4.78, 5) is 11.7. The van der Waals surface area contributed by atoms with Crippen LogP contribution in [0.1, 0.15) is 24.8 Å². The van der Waals surface area contributed by atoms with Crippen molar-refractivity contribution in [3.05, 3.63) is 35.9 Å². The van der Waals surface area contributed by atoms with Gasteiger partial charge in [0.25, 0.3) is 0 Å². The Morgan fingerprint density at radius 1 is 1.35 bits per heavy atom. The third-order valence-corrected chi connectivity index (χ3v) is 3.59. The first kappa shape index (κ1) is 14.8. The smallest absolute Gasteiger partial charge is 0.407 e. The summed E-state index contributed by atoms with van der Waals surface area (Å²) in [6.07, 6.45) is 0.883. The molecular weight excluding hydrogens is 258 g/mol. The van der Waals surface area contributed by atoms with E-state index in [2.05, 4.69) is 5.32 Å². The maximum absolute atomic E-state index is 11.7. The van der Waals surface area contributed by atoms with Crippen LogP contribution in [0.2, 0.25) is 0 Å². The number of amides is 1. The molecule has 1 saturated carbocycles. The molecule has 1 fully saturated rings. The standard InChI is InChI=1S/C15H21NO4/c1-19-14-9-12(7-8-13(14)17)16-15(18)20-10-11-5-3-2-4-6-11/h2-6,12-14,17H,7-10H2,1H3,(H,16,18)/t12-,13+,14+/m1/s1. The van der Waals surface area contributed by atoms with Crippen LogP contribution >= 0.6 is 0 Å². The number of carbonyl (C=O) groups excluding carboxylic acids is 1. The average Bonchev–Trinajstić information content (AvgIpc) is 2.48. The van der Waals surface area contributed by atoms with Gasteiger partial charge >= 0.3 is 6.09 Å². The van der Waals surface area contributed by atoms with E-state index in [-0.39, 0.29) is 18.8 Å². The maximum atomic E-state index is 11.7. The van der Waals surface area contributed by atoms with Gasteiger partial charge in [-0.05, 0) is 24.8 Å².